The maximum atomic E-state index is 15.2. The van der Waals surface area contributed by atoms with Crippen LogP contribution in [0, 0.1) is 11.7 Å². The predicted molar refractivity (Wildman–Crippen MR) is 165 cm³/mol. The summed E-state index contributed by atoms with van der Waals surface area (Å²) in [5.74, 6) is -2.56. The van der Waals surface area contributed by atoms with E-state index in [1.54, 1.807) is 20.8 Å². The number of carbonyl (C=O) groups excluding carboxylic acids is 2. The molecule has 3 aromatic rings. The first-order valence-electron chi connectivity index (χ1n) is 15.7. The number of benzene rings is 3. The van der Waals surface area contributed by atoms with Crippen molar-refractivity contribution in [2.75, 3.05) is 13.7 Å². The summed E-state index contributed by atoms with van der Waals surface area (Å²) in [6.45, 7) is 5.48. The normalized spacial score (nSPS) is 17.8. The van der Waals surface area contributed by atoms with Crippen molar-refractivity contribution in [1.82, 2.24) is 4.90 Å². The van der Waals surface area contributed by atoms with Crippen LogP contribution in [0.1, 0.15) is 68.0 Å². The number of rotatable bonds is 11. The molecule has 0 saturated carbocycles. The molecule has 17 heteroatoms. The van der Waals surface area contributed by atoms with Crippen LogP contribution in [0.15, 0.2) is 48.5 Å². The molecule has 3 aromatic carbocycles. The first-order valence-corrected chi connectivity index (χ1v) is 15.7. The highest BCUT2D eigenvalue weighted by atomic mass is 19.4. The Morgan fingerprint density at radius 1 is 0.846 bits per heavy atom. The van der Waals surface area contributed by atoms with Crippen molar-refractivity contribution in [3.63, 3.8) is 0 Å². The molecule has 0 bridgehead atoms. The number of amides is 1. The van der Waals surface area contributed by atoms with Gasteiger partial charge in [0.25, 0.3) is 0 Å². The summed E-state index contributed by atoms with van der Waals surface area (Å²) < 4.78 is 160. The summed E-state index contributed by atoms with van der Waals surface area (Å²) in [6, 6.07) is 3.97. The minimum Gasteiger partial charge on any atom is -0.496 e. The zero-order valence-electron chi connectivity index (χ0n) is 28.2. The second-order valence-electron chi connectivity index (χ2n) is 12.2. The fourth-order valence-electron chi connectivity index (χ4n) is 5.80. The molecule has 0 N–H and O–H groups in total. The number of alkyl halides is 9. The van der Waals surface area contributed by atoms with E-state index in [0.29, 0.717) is 18.2 Å². The van der Waals surface area contributed by atoms with Gasteiger partial charge in [-0.1, -0.05) is 13.0 Å². The Kier molecular flexibility index (Phi) is 11.6. The fraction of sp³-hybridized carbons (Fsp3) is 0.429. The summed E-state index contributed by atoms with van der Waals surface area (Å²) in [5.41, 5.74) is -5.30. The van der Waals surface area contributed by atoms with E-state index in [9.17, 15) is 49.1 Å². The molecule has 1 aliphatic rings. The van der Waals surface area contributed by atoms with Crippen molar-refractivity contribution in [1.29, 1.82) is 0 Å². The molecule has 1 aliphatic heterocycles. The highest BCUT2D eigenvalue weighted by Crippen LogP contribution is 2.44. The van der Waals surface area contributed by atoms with Crippen molar-refractivity contribution >= 4 is 12.1 Å². The van der Waals surface area contributed by atoms with Gasteiger partial charge in [-0.25, -0.2) is 9.18 Å². The fourth-order valence-corrected chi connectivity index (χ4v) is 5.80. The van der Waals surface area contributed by atoms with E-state index in [4.69, 9.17) is 18.9 Å². The molecule has 1 amide bonds. The van der Waals surface area contributed by atoms with Crippen LogP contribution >= 0.6 is 0 Å². The molecule has 0 radical (unpaired) electrons. The lowest BCUT2D eigenvalue weighted by molar-refractivity contribution is -0.148. The SMILES string of the molecule is CCOC(=O)C(C)CC(C)Oc1cc(-c2ccc(C(F)(F)F)cc2CN2C(=O)OC(c3cc(C(F)(F)F)cc(C(F)(F)F)c3)[C@@H]2C)c(OC)cc1F. The van der Waals surface area contributed by atoms with Crippen molar-refractivity contribution in [2.24, 2.45) is 5.92 Å². The highest BCUT2D eigenvalue weighted by Gasteiger charge is 2.44. The summed E-state index contributed by atoms with van der Waals surface area (Å²) in [6.07, 6.45) is -18.8. The summed E-state index contributed by atoms with van der Waals surface area (Å²) >= 11 is 0. The molecule has 1 fully saturated rings. The predicted octanol–water partition coefficient (Wildman–Crippen LogP) is 10.00. The van der Waals surface area contributed by atoms with Gasteiger partial charge in [-0.15, -0.1) is 0 Å². The van der Waals surface area contributed by atoms with Crippen molar-refractivity contribution in [2.45, 2.75) is 77.4 Å². The minimum absolute atomic E-state index is 0.0101. The van der Waals surface area contributed by atoms with Crippen molar-refractivity contribution < 1.29 is 72.4 Å². The number of ether oxygens (including phenoxy) is 4. The highest BCUT2D eigenvalue weighted by molar-refractivity contribution is 5.77. The standard InChI is InChI=1S/C35H33F10NO6/c1-6-50-31(47)17(2)9-18(3)51-29-14-26(28(49-5)15-27(29)36)25-8-7-22(33(37,38)39)12-21(25)16-46-19(4)30(52-32(46)48)20-10-23(34(40,41)42)13-24(11-20)35(43,44)45/h7-8,10-15,17-19,30H,6,9,16H2,1-5H3/t17?,18?,19-,30?/m0/s1. The van der Waals surface area contributed by atoms with Gasteiger partial charge in [0.05, 0.1) is 55.0 Å². The Labute approximate surface area is 291 Å². The second-order valence-corrected chi connectivity index (χ2v) is 12.2. The van der Waals surface area contributed by atoms with Crippen LogP contribution < -0.4 is 9.47 Å². The molecule has 4 rings (SSSR count). The average molecular weight is 754 g/mol. The second kappa shape index (κ2) is 15.1. The molecule has 3 unspecified atom stereocenters. The molecule has 7 nitrogen and oxygen atoms in total. The van der Waals surface area contributed by atoms with Crippen LogP contribution in [0.5, 0.6) is 11.5 Å². The quantitative estimate of drug-likeness (QED) is 0.143. The first kappa shape index (κ1) is 40.1. The van der Waals surface area contributed by atoms with Crippen molar-refractivity contribution in [3.05, 3.63) is 82.2 Å². The Morgan fingerprint density at radius 3 is 1.98 bits per heavy atom. The van der Waals surface area contributed by atoms with Crippen LogP contribution in [0.4, 0.5) is 48.7 Å². The van der Waals surface area contributed by atoms with Gasteiger partial charge in [0.15, 0.2) is 11.6 Å². The maximum absolute atomic E-state index is 15.2. The maximum Gasteiger partial charge on any atom is 0.416 e. The number of carbonyl (C=O) groups is 2. The number of cyclic esters (lactones) is 1. The number of hydrogen-bond acceptors (Lipinski definition) is 6. The zero-order chi connectivity index (χ0) is 38.9. The van der Waals surface area contributed by atoms with Crippen LogP contribution in [0.3, 0.4) is 0 Å². The number of nitrogens with zero attached hydrogens (tertiary/aromatic N) is 1. The zero-order valence-corrected chi connectivity index (χ0v) is 28.2. The number of esters is 1. The first-order chi connectivity index (χ1) is 24.0. The molecule has 0 spiro atoms. The Bertz CT molecular complexity index is 1760. The third-order valence-electron chi connectivity index (χ3n) is 8.35. The van der Waals surface area contributed by atoms with Gasteiger partial charge in [0.1, 0.15) is 11.9 Å². The Hall–Kier alpha value is -4.70. The van der Waals surface area contributed by atoms with Crippen molar-refractivity contribution in [3.8, 4) is 22.6 Å². The number of halogens is 10. The van der Waals surface area contributed by atoms with Gasteiger partial charge >= 0.3 is 30.6 Å². The van der Waals surface area contributed by atoms with E-state index >= 15 is 4.39 Å². The van der Waals surface area contributed by atoms with Crippen LogP contribution in [0.2, 0.25) is 0 Å². The molecular formula is C35H33F10NO6. The van der Waals surface area contributed by atoms with Gasteiger partial charge in [-0.05, 0) is 80.3 Å². The van der Waals surface area contributed by atoms with E-state index in [1.165, 1.54) is 14.0 Å². The van der Waals surface area contributed by atoms with Crippen LogP contribution in [-0.4, -0.2) is 42.8 Å². The Balaban J connectivity index is 1.76. The summed E-state index contributed by atoms with van der Waals surface area (Å²) in [7, 11) is 1.17. The van der Waals surface area contributed by atoms with E-state index < -0.39 is 89.4 Å². The van der Waals surface area contributed by atoms with E-state index in [2.05, 4.69) is 0 Å². The number of hydrogen-bond donors (Lipinski definition) is 0. The molecule has 1 saturated heterocycles. The largest absolute Gasteiger partial charge is 0.496 e. The van der Waals surface area contributed by atoms with E-state index in [-0.39, 0.29) is 47.3 Å². The van der Waals surface area contributed by atoms with Gasteiger partial charge in [-0.3, -0.25) is 9.69 Å². The lowest BCUT2D eigenvalue weighted by Crippen LogP contribution is -2.32. The monoisotopic (exact) mass is 753 g/mol. The van der Waals surface area contributed by atoms with Gasteiger partial charge < -0.3 is 18.9 Å². The molecule has 52 heavy (non-hydrogen) atoms. The number of methoxy groups -OCH3 is 1. The summed E-state index contributed by atoms with van der Waals surface area (Å²) in [4.78, 5) is 26.0. The molecule has 284 valence electrons. The van der Waals surface area contributed by atoms with Gasteiger partial charge in [0, 0.05) is 11.6 Å². The average Bonchev–Trinajstić information content (AvgIpc) is 3.32. The van der Waals surface area contributed by atoms with E-state index in [0.717, 1.165) is 29.2 Å². The minimum atomic E-state index is -5.19. The molecular weight excluding hydrogens is 720 g/mol. The van der Waals surface area contributed by atoms with E-state index in [1.807, 2.05) is 0 Å². The van der Waals surface area contributed by atoms with Gasteiger partial charge in [0.2, 0.25) is 0 Å². The summed E-state index contributed by atoms with van der Waals surface area (Å²) in [5, 5.41) is 0. The topological polar surface area (TPSA) is 74.3 Å². The van der Waals surface area contributed by atoms with Gasteiger partial charge in [-0.2, -0.15) is 39.5 Å². The Morgan fingerprint density at radius 2 is 1.44 bits per heavy atom. The van der Waals surface area contributed by atoms with Crippen LogP contribution in [-0.2, 0) is 39.3 Å². The molecule has 1 heterocycles. The molecule has 0 aromatic heterocycles. The molecule has 0 aliphatic carbocycles. The molecule has 4 atom stereocenters. The lowest BCUT2D eigenvalue weighted by atomic mass is 9.94. The van der Waals surface area contributed by atoms with Crippen LogP contribution in [0.25, 0.3) is 11.1 Å². The lowest BCUT2D eigenvalue weighted by Gasteiger charge is -2.25. The third-order valence-corrected chi connectivity index (χ3v) is 8.35. The third kappa shape index (κ3) is 9.02. The smallest absolute Gasteiger partial charge is 0.416 e.